The molecule has 0 bridgehead atoms. The SMILES string of the molecule is CCNCc1ccc(OC)c(CS(=O)(=O)C(C)C(C)C)c1. The van der Waals surface area contributed by atoms with Crippen LogP contribution in [-0.4, -0.2) is 27.3 Å². The number of hydrogen-bond acceptors (Lipinski definition) is 4. The normalized spacial score (nSPS) is 13.4. The second kappa shape index (κ2) is 7.80. The summed E-state index contributed by atoms with van der Waals surface area (Å²) in [5.74, 6) is 0.760. The van der Waals surface area contributed by atoms with Gasteiger partial charge in [0.25, 0.3) is 0 Å². The second-order valence-corrected chi connectivity index (χ2v) is 8.04. The molecule has 1 aromatic carbocycles. The Hall–Kier alpha value is -1.07. The maximum absolute atomic E-state index is 12.5. The van der Waals surface area contributed by atoms with E-state index in [-0.39, 0.29) is 16.9 Å². The molecule has 21 heavy (non-hydrogen) atoms. The van der Waals surface area contributed by atoms with Gasteiger partial charge in [0.05, 0.1) is 18.1 Å². The van der Waals surface area contributed by atoms with Gasteiger partial charge in [-0.15, -0.1) is 0 Å². The zero-order chi connectivity index (χ0) is 16.0. The van der Waals surface area contributed by atoms with Crippen molar-refractivity contribution < 1.29 is 13.2 Å². The smallest absolute Gasteiger partial charge is 0.157 e. The maximum atomic E-state index is 12.5. The highest BCUT2D eigenvalue weighted by atomic mass is 32.2. The van der Waals surface area contributed by atoms with Crippen molar-refractivity contribution in [2.45, 2.75) is 45.2 Å². The van der Waals surface area contributed by atoms with Crippen LogP contribution in [0.2, 0.25) is 0 Å². The number of sulfone groups is 1. The molecule has 0 saturated heterocycles. The van der Waals surface area contributed by atoms with Crippen LogP contribution in [0.15, 0.2) is 18.2 Å². The number of rotatable bonds is 8. The molecule has 1 N–H and O–H groups in total. The van der Waals surface area contributed by atoms with Crippen LogP contribution in [0.5, 0.6) is 5.75 Å². The minimum absolute atomic E-state index is 0.0233. The largest absolute Gasteiger partial charge is 0.496 e. The van der Waals surface area contributed by atoms with Gasteiger partial charge in [-0.2, -0.15) is 0 Å². The summed E-state index contributed by atoms with van der Waals surface area (Å²) in [4.78, 5) is 0. The van der Waals surface area contributed by atoms with Crippen LogP contribution in [0.1, 0.15) is 38.8 Å². The third-order valence-corrected chi connectivity index (χ3v) is 6.18. The zero-order valence-electron chi connectivity index (χ0n) is 13.6. The molecule has 0 radical (unpaired) electrons. The highest BCUT2D eigenvalue weighted by Crippen LogP contribution is 2.25. The van der Waals surface area contributed by atoms with Crippen LogP contribution in [0.3, 0.4) is 0 Å². The summed E-state index contributed by atoms with van der Waals surface area (Å²) in [5.41, 5.74) is 1.81. The first kappa shape index (κ1) is 18.0. The summed E-state index contributed by atoms with van der Waals surface area (Å²) < 4.78 is 30.2. The lowest BCUT2D eigenvalue weighted by molar-refractivity contribution is 0.410. The van der Waals surface area contributed by atoms with Crippen molar-refractivity contribution in [1.82, 2.24) is 5.32 Å². The average molecular weight is 313 g/mol. The first-order valence-corrected chi connectivity index (χ1v) is 9.11. The molecule has 0 saturated carbocycles. The van der Waals surface area contributed by atoms with Gasteiger partial charge in [-0.1, -0.05) is 26.8 Å². The molecule has 120 valence electrons. The van der Waals surface area contributed by atoms with E-state index in [4.69, 9.17) is 4.74 Å². The number of ether oxygens (including phenoxy) is 1. The van der Waals surface area contributed by atoms with Crippen LogP contribution in [0.25, 0.3) is 0 Å². The molecule has 1 rings (SSSR count). The lowest BCUT2D eigenvalue weighted by Crippen LogP contribution is -2.25. The van der Waals surface area contributed by atoms with E-state index in [1.54, 1.807) is 14.0 Å². The lowest BCUT2D eigenvalue weighted by atomic mass is 10.1. The Balaban J connectivity index is 3.04. The lowest BCUT2D eigenvalue weighted by Gasteiger charge is -2.18. The van der Waals surface area contributed by atoms with Crippen molar-refractivity contribution in [3.63, 3.8) is 0 Å². The van der Waals surface area contributed by atoms with E-state index >= 15 is 0 Å². The van der Waals surface area contributed by atoms with E-state index in [9.17, 15) is 8.42 Å². The number of benzene rings is 1. The first-order chi connectivity index (χ1) is 9.81. The maximum Gasteiger partial charge on any atom is 0.157 e. The zero-order valence-corrected chi connectivity index (χ0v) is 14.5. The fraction of sp³-hybridized carbons (Fsp3) is 0.625. The summed E-state index contributed by atoms with van der Waals surface area (Å²) in [6, 6.07) is 5.73. The molecule has 0 spiro atoms. The van der Waals surface area contributed by atoms with Gasteiger partial charge in [-0.3, -0.25) is 0 Å². The number of methoxy groups -OCH3 is 1. The summed E-state index contributed by atoms with van der Waals surface area (Å²) >= 11 is 0. The molecular weight excluding hydrogens is 286 g/mol. The molecule has 0 aliphatic rings. The molecule has 0 amide bonds. The molecule has 0 aliphatic carbocycles. The molecule has 1 aromatic rings. The van der Waals surface area contributed by atoms with Gasteiger partial charge in [0.15, 0.2) is 9.84 Å². The van der Waals surface area contributed by atoms with E-state index < -0.39 is 9.84 Å². The minimum atomic E-state index is -3.18. The van der Waals surface area contributed by atoms with Gasteiger partial charge in [-0.05, 0) is 37.1 Å². The van der Waals surface area contributed by atoms with Gasteiger partial charge in [-0.25, -0.2) is 8.42 Å². The summed E-state index contributed by atoms with van der Waals surface area (Å²) in [6.45, 7) is 9.29. The molecule has 1 atom stereocenters. The van der Waals surface area contributed by atoms with E-state index in [0.717, 1.165) is 24.2 Å². The van der Waals surface area contributed by atoms with Crippen LogP contribution in [0, 0.1) is 5.92 Å². The highest BCUT2D eigenvalue weighted by molar-refractivity contribution is 7.91. The van der Waals surface area contributed by atoms with E-state index in [0.29, 0.717) is 5.75 Å². The Morgan fingerprint density at radius 2 is 1.90 bits per heavy atom. The molecule has 1 unspecified atom stereocenters. The quantitative estimate of drug-likeness (QED) is 0.802. The average Bonchev–Trinajstić information content (AvgIpc) is 2.43. The van der Waals surface area contributed by atoms with Crippen LogP contribution < -0.4 is 10.1 Å². The molecule has 5 heteroatoms. The Kier molecular flexibility index (Phi) is 6.68. The third-order valence-electron chi connectivity index (χ3n) is 3.79. The monoisotopic (exact) mass is 313 g/mol. The van der Waals surface area contributed by atoms with Crippen molar-refractivity contribution in [2.24, 2.45) is 5.92 Å². The van der Waals surface area contributed by atoms with Gasteiger partial charge in [0.2, 0.25) is 0 Å². The van der Waals surface area contributed by atoms with Gasteiger partial charge < -0.3 is 10.1 Å². The predicted molar refractivity (Wildman–Crippen MR) is 87.3 cm³/mol. The van der Waals surface area contributed by atoms with Crippen molar-refractivity contribution >= 4 is 9.84 Å². The van der Waals surface area contributed by atoms with Gasteiger partial charge in [0.1, 0.15) is 5.75 Å². The molecule has 4 nitrogen and oxygen atoms in total. The highest BCUT2D eigenvalue weighted by Gasteiger charge is 2.25. The van der Waals surface area contributed by atoms with E-state index in [1.807, 2.05) is 39.0 Å². The minimum Gasteiger partial charge on any atom is -0.496 e. The van der Waals surface area contributed by atoms with Crippen molar-refractivity contribution in [1.29, 1.82) is 0 Å². The molecule has 0 heterocycles. The predicted octanol–water partition coefficient (Wildman–Crippen LogP) is 2.76. The van der Waals surface area contributed by atoms with E-state index in [2.05, 4.69) is 5.32 Å². The standard InChI is InChI=1S/C16H27NO3S/c1-6-17-10-14-7-8-16(20-5)15(9-14)11-21(18,19)13(4)12(2)3/h7-9,12-13,17H,6,10-11H2,1-5H3. The number of nitrogens with one attached hydrogen (secondary N) is 1. The first-order valence-electron chi connectivity index (χ1n) is 7.39. The molecule has 0 fully saturated rings. The number of hydrogen-bond donors (Lipinski definition) is 1. The summed E-state index contributed by atoms with van der Waals surface area (Å²) in [5, 5.41) is 2.88. The Morgan fingerprint density at radius 3 is 2.43 bits per heavy atom. The van der Waals surface area contributed by atoms with E-state index in [1.165, 1.54) is 0 Å². The fourth-order valence-corrected chi connectivity index (χ4v) is 3.84. The third kappa shape index (κ3) is 5.00. The summed E-state index contributed by atoms with van der Waals surface area (Å²) in [6.07, 6.45) is 0. The second-order valence-electron chi connectivity index (χ2n) is 5.68. The molecular formula is C16H27NO3S. The molecule has 0 aromatic heterocycles. The van der Waals surface area contributed by atoms with Crippen molar-refractivity contribution in [3.05, 3.63) is 29.3 Å². The van der Waals surface area contributed by atoms with Crippen LogP contribution in [0.4, 0.5) is 0 Å². The Bertz CT molecular complexity index is 553. The van der Waals surface area contributed by atoms with Gasteiger partial charge >= 0.3 is 0 Å². The van der Waals surface area contributed by atoms with Gasteiger partial charge in [0, 0.05) is 12.1 Å². The fourth-order valence-electron chi connectivity index (χ4n) is 2.09. The van der Waals surface area contributed by atoms with Crippen LogP contribution in [-0.2, 0) is 22.1 Å². The van der Waals surface area contributed by atoms with Crippen LogP contribution >= 0.6 is 0 Å². The van der Waals surface area contributed by atoms with Crippen molar-refractivity contribution in [3.8, 4) is 5.75 Å². The molecule has 0 aliphatic heterocycles. The Morgan fingerprint density at radius 1 is 1.24 bits per heavy atom. The Labute approximate surface area is 128 Å². The topological polar surface area (TPSA) is 55.4 Å². The summed E-state index contributed by atoms with van der Waals surface area (Å²) in [7, 11) is -1.61. The van der Waals surface area contributed by atoms with Crippen molar-refractivity contribution in [2.75, 3.05) is 13.7 Å².